The van der Waals surface area contributed by atoms with Gasteiger partial charge in [0.25, 0.3) is 10.0 Å². The van der Waals surface area contributed by atoms with E-state index in [1.165, 1.54) is 0 Å². The summed E-state index contributed by atoms with van der Waals surface area (Å²) in [5.74, 6) is 0.740. The van der Waals surface area contributed by atoms with Crippen molar-refractivity contribution in [3.8, 4) is 0 Å². The van der Waals surface area contributed by atoms with Gasteiger partial charge in [0.15, 0.2) is 5.84 Å². The molecule has 2 aliphatic rings. The molecule has 0 aliphatic carbocycles. The Labute approximate surface area is 106 Å². The number of hydrogen-bond donors (Lipinski definition) is 1. The summed E-state index contributed by atoms with van der Waals surface area (Å²) in [6.45, 7) is 1.55. The molecule has 1 N–H and O–H groups in total. The normalized spacial score (nSPS) is 25.1. The first-order chi connectivity index (χ1) is 8.62. The lowest BCUT2D eigenvalue weighted by atomic mass is 10.1. The van der Waals surface area contributed by atoms with E-state index in [-0.39, 0.29) is 17.4 Å². The summed E-state index contributed by atoms with van der Waals surface area (Å²) in [5, 5.41) is 9.14. The van der Waals surface area contributed by atoms with Crippen LogP contribution in [-0.2, 0) is 10.0 Å². The maximum atomic E-state index is 11.9. The number of likely N-dealkylation sites (tertiary alicyclic amines) is 1. The van der Waals surface area contributed by atoms with E-state index < -0.39 is 10.0 Å². The van der Waals surface area contributed by atoms with Crippen LogP contribution in [0.25, 0.3) is 0 Å². The standard InChI is InChI=1S/C12H14N2O3S/c15-8-9-5-6-14(7-9)12-10-3-1-2-4-11(10)18(16,17)13-12/h1-4,9,15H,5-8H2/t9-/m1/s1. The molecule has 1 aromatic carbocycles. The van der Waals surface area contributed by atoms with Crippen molar-refractivity contribution in [1.29, 1.82) is 0 Å². The summed E-state index contributed by atoms with van der Waals surface area (Å²) in [6.07, 6.45) is 0.873. The Morgan fingerprint density at radius 1 is 1.39 bits per heavy atom. The molecule has 1 aromatic rings. The van der Waals surface area contributed by atoms with Crippen molar-refractivity contribution >= 4 is 15.9 Å². The number of hydrogen-bond acceptors (Lipinski definition) is 4. The van der Waals surface area contributed by atoms with Gasteiger partial charge >= 0.3 is 0 Å². The number of fused-ring (bicyclic) bond motifs is 1. The van der Waals surface area contributed by atoms with Crippen molar-refractivity contribution in [3.05, 3.63) is 29.8 Å². The van der Waals surface area contributed by atoms with Gasteiger partial charge in [-0.1, -0.05) is 12.1 Å². The predicted molar refractivity (Wildman–Crippen MR) is 66.9 cm³/mol. The third-order valence-corrected chi connectivity index (χ3v) is 4.78. The monoisotopic (exact) mass is 266 g/mol. The third-order valence-electron chi connectivity index (χ3n) is 3.46. The number of nitrogens with zero attached hydrogens (tertiary/aromatic N) is 2. The molecule has 0 radical (unpaired) electrons. The minimum absolute atomic E-state index is 0.137. The lowest BCUT2D eigenvalue weighted by Gasteiger charge is -2.17. The third kappa shape index (κ3) is 1.72. The summed E-state index contributed by atoms with van der Waals surface area (Å²) >= 11 is 0. The van der Waals surface area contributed by atoms with Crippen LogP contribution in [0.3, 0.4) is 0 Å². The van der Waals surface area contributed by atoms with E-state index in [0.717, 1.165) is 13.0 Å². The van der Waals surface area contributed by atoms with Crippen LogP contribution in [-0.4, -0.2) is 44.0 Å². The average Bonchev–Trinajstić information content (AvgIpc) is 2.93. The molecule has 0 saturated carbocycles. The fraction of sp³-hybridized carbons (Fsp3) is 0.417. The Morgan fingerprint density at radius 2 is 2.17 bits per heavy atom. The molecule has 1 atom stereocenters. The number of aliphatic hydroxyl groups is 1. The average molecular weight is 266 g/mol. The zero-order valence-electron chi connectivity index (χ0n) is 9.78. The van der Waals surface area contributed by atoms with E-state index >= 15 is 0 Å². The van der Waals surface area contributed by atoms with Gasteiger partial charge in [-0.05, 0) is 18.6 Å². The number of sulfonamides is 1. The molecule has 6 heteroatoms. The van der Waals surface area contributed by atoms with Gasteiger partial charge < -0.3 is 10.0 Å². The molecule has 0 bridgehead atoms. The molecule has 2 aliphatic heterocycles. The van der Waals surface area contributed by atoms with Crippen LogP contribution in [0.5, 0.6) is 0 Å². The summed E-state index contributed by atoms with van der Waals surface area (Å²) in [6, 6.07) is 6.88. The second kappa shape index (κ2) is 4.07. The highest BCUT2D eigenvalue weighted by Crippen LogP contribution is 2.29. The summed E-state index contributed by atoms with van der Waals surface area (Å²) in [7, 11) is -3.53. The highest BCUT2D eigenvalue weighted by Gasteiger charge is 2.34. The van der Waals surface area contributed by atoms with E-state index in [1.54, 1.807) is 18.2 Å². The molecule has 3 rings (SSSR count). The second-order valence-electron chi connectivity index (χ2n) is 4.67. The summed E-state index contributed by atoms with van der Waals surface area (Å²) in [5.41, 5.74) is 0.677. The molecule has 0 unspecified atom stereocenters. The lowest BCUT2D eigenvalue weighted by molar-refractivity contribution is 0.232. The molecule has 18 heavy (non-hydrogen) atoms. The lowest BCUT2D eigenvalue weighted by Crippen LogP contribution is -2.29. The number of rotatable bonds is 1. The van der Waals surface area contributed by atoms with Gasteiger partial charge in [0.2, 0.25) is 0 Å². The molecule has 1 fully saturated rings. The molecule has 0 spiro atoms. The SMILES string of the molecule is O=S1(=O)N=C(N2CC[C@@H](CO)C2)c2ccccc21. The largest absolute Gasteiger partial charge is 0.396 e. The van der Waals surface area contributed by atoms with E-state index in [4.69, 9.17) is 5.11 Å². The van der Waals surface area contributed by atoms with Crippen molar-refractivity contribution in [2.75, 3.05) is 19.7 Å². The highest BCUT2D eigenvalue weighted by molar-refractivity contribution is 7.90. The zero-order chi connectivity index (χ0) is 12.8. The van der Waals surface area contributed by atoms with Crippen LogP contribution in [0.2, 0.25) is 0 Å². The maximum Gasteiger partial charge on any atom is 0.285 e. The van der Waals surface area contributed by atoms with E-state index in [1.807, 2.05) is 11.0 Å². The molecule has 2 heterocycles. The van der Waals surface area contributed by atoms with E-state index in [0.29, 0.717) is 17.9 Å². The Morgan fingerprint density at radius 3 is 2.89 bits per heavy atom. The highest BCUT2D eigenvalue weighted by atomic mass is 32.2. The molecular formula is C12H14N2O3S. The predicted octanol–water partition coefficient (Wildman–Crippen LogP) is 0.450. The van der Waals surface area contributed by atoms with Crippen LogP contribution in [0, 0.1) is 5.92 Å². The smallest absolute Gasteiger partial charge is 0.285 e. The molecule has 0 aromatic heterocycles. The van der Waals surface area contributed by atoms with Gasteiger partial charge in [0.05, 0.1) is 0 Å². The van der Waals surface area contributed by atoms with Crippen molar-refractivity contribution in [1.82, 2.24) is 4.90 Å². The quantitative estimate of drug-likeness (QED) is 0.801. The van der Waals surface area contributed by atoms with Crippen LogP contribution in [0.1, 0.15) is 12.0 Å². The molecule has 96 valence electrons. The van der Waals surface area contributed by atoms with Crippen LogP contribution in [0.4, 0.5) is 0 Å². The molecule has 0 amide bonds. The molecule has 1 saturated heterocycles. The fourth-order valence-electron chi connectivity index (χ4n) is 2.49. The number of amidine groups is 1. The Bertz CT molecular complexity index is 610. The van der Waals surface area contributed by atoms with Gasteiger partial charge in [0, 0.05) is 31.2 Å². The van der Waals surface area contributed by atoms with Crippen molar-refractivity contribution in [2.45, 2.75) is 11.3 Å². The summed E-state index contributed by atoms with van der Waals surface area (Å²) in [4.78, 5) is 2.23. The minimum atomic E-state index is -3.53. The van der Waals surface area contributed by atoms with Crippen LogP contribution < -0.4 is 0 Å². The molecule has 5 nitrogen and oxygen atoms in total. The van der Waals surface area contributed by atoms with Gasteiger partial charge in [-0.25, -0.2) is 0 Å². The van der Waals surface area contributed by atoms with Gasteiger partial charge in [0.1, 0.15) is 4.90 Å². The van der Waals surface area contributed by atoms with Crippen molar-refractivity contribution in [2.24, 2.45) is 10.3 Å². The fourth-order valence-corrected chi connectivity index (χ4v) is 3.72. The van der Waals surface area contributed by atoms with E-state index in [9.17, 15) is 8.42 Å². The van der Waals surface area contributed by atoms with Gasteiger partial charge in [-0.3, -0.25) is 0 Å². The molecular weight excluding hydrogens is 252 g/mol. The number of benzene rings is 1. The zero-order valence-corrected chi connectivity index (χ0v) is 10.6. The van der Waals surface area contributed by atoms with Crippen molar-refractivity contribution < 1.29 is 13.5 Å². The number of aliphatic hydroxyl groups excluding tert-OH is 1. The first-order valence-electron chi connectivity index (χ1n) is 5.92. The van der Waals surface area contributed by atoms with Crippen LogP contribution >= 0.6 is 0 Å². The van der Waals surface area contributed by atoms with Gasteiger partial charge in [-0.15, -0.1) is 4.40 Å². The first kappa shape index (κ1) is 11.7. The summed E-state index contributed by atoms with van der Waals surface area (Å²) < 4.78 is 27.7. The van der Waals surface area contributed by atoms with Gasteiger partial charge in [-0.2, -0.15) is 8.42 Å². The minimum Gasteiger partial charge on any atom is -0.396 e. The van der Waals surface area contributed by atoms with E-state index in [2.05, 4.69) is 4.40 Å². The Balaban J connectivity index is 2.00. The second-order valence-corrected chi connectivity index (χ2v) is 6.24. The topological polar surface area (TPSA) is 70.0 Å². The first-order valence-corrected chi connectivity index (χ1v) is 7.36. The Hall–Kier alpha value is -1.40. The van der Waals surface area contributed by atoms with Crippen LogP contribution in [0.15, 0.2) is 33.6 Å². The Kier molecular flexibility index (Phi) is 2.64. The van der Waals surface area contributed by atoms with Crippen molar-refractivity contribution in [3.63, 3.8) is 0 Å². The maximum absolute atomic E-state index is 11.9.